The highest BCUT2D eigenvalue weighted by Crippen LogP contribution is 2.38. The average Bonchev–Trinajstić information content (AvgIpc) is 3.30. The molecule has 0 radical (unpaired) electrons. The lowest BCUT2D eigenvalue weighted by molar-refractivity contribution is 0.0708. The van der Waals surface area contributed by atoms with Gasteiger partial charge in [-0.3, -0.25) is 9.48 Å². The summed E-state index contributed by atoms with van der Waals surface area (Å²) in [4.78, 5) is 19.5. The van der Waals surface area contributed by atoms with E-state index in [2.05, 4.69) is 26.0 Å². The minimum Gasteiger partial charge on any atom is -0.491 e. The maximum absolute atomic E-state index is 13.3. The second-order valence-electron chi connectivity index (χ2n) is 7.18. The number of nitrogens with zero attached hydrogens (tertiary/aromatic N) is 4. The van der Waals surface area contributed by atoms with Crippen LogP contribution in [0.15, 0.2) is 47.1 Å². The summed E-state index contributed by atoms with van der Waals surface area (Å²) in [5.41, 5.74) is 9.25. The van der Waals surface area contributed by atoms with Crippen LogP contribution in [0.25, 0.3) is 21.8 Å². The molecule has 0 fully saturated rings. The van der Waals surface area contributed by atoms with Crippen LogP contribution in [0.3, 0.4) is 0 Å². The maximum atomic E-state index is 13.3. The molecule has 1 aliphatic heterocycles. The summed E-state index contributed by atoms with van der Waals surface area (Å²) in [6, 6.07) is 11.2. The number of anilines is 1. The molecule has 8 heteroatoms. The monoisotopic (exact) mass is 451 g/mol. The van der Waals surface area contributed by atoms with E-state index in [1.807, 2.05) is 37.4 Å². The number of hydrogen-bond donors (Lipinski definition) is 1. The molecule has 0 saturated carbocycles. The number of nitrogens with two attached hydrogens (primary N) is 1. The number of nitrogen functional groups attached to an aromatic ring is 1. The zero-order valence-electron chi connectivity index (χ0n) is 15.9. The van der Waals surface area contributed by atoms with Crippen LogP contribution >= 0.6 is 15.9 Å². The SMILES string of the molecule is CN(C(=O)c1ccc2nc(N)c3cnn(C)c3c2c1)C1COc2cc(Br)ccc21. The first kappa shape index (κ1) is 17.9. The van der Waals surface area contributed by atoms with Crippen LogP contribution in [0, 0.1) is 0 Å². The fraction of sp³-hybridized carbons (Fsp3) is 0.190. The summed E-state index contributed by atoms with van der Waals surface area (Å²) in [5.74, 6) is 1.16. The number of carbonyl (C=O) groups excluding carboxylic acids is 1. The third-order valence-corrected chi connectivity index (χ3v) is 5.97. The first-order valence-corrected chi connectivity index (χ1v) is 9.93. The summed E-state index contributed by atoms with van der Waals surface area (Å²) in [6.45, 7) is 0.436. The standard InChI is InChI=1S/C21H18BrN5O2/c1-26(17-10-29-18-8-12(22)4-5-13(17)18)21(28)11-3-6-16-14(7-11)19-15(20(23)25-16)9-24-27(19)2/h3-9,17H,10H2,1-2H3,(H2,23,25). The van der Waals surface area contributed by atoms with Crippen molar-refractivity contribution in [3.63, 3.8) is 0 Å². The fourth-order valence-electron chi connectivity index (χ4n) is 3.92. The zero-order chi connectivity index (χ0) is 20.3. The number of aromatic nitrogens is 3. The lowest BCUT2D eigenvalue weighted by Gasteiger charge is -2.24. The number of amides is 1. The molecule has 1 atom stereocenters. The van der Waals surface area contributed by atoms with Crippen molar-refractivity contribution in [2.24, 2.45) is 7.05 Å². The maximum Gasteiger partial charge on any atom is 0.254 e. The van der Waals surface area contributed by atoms with E-state index in [1.54, 1.807) is 28.9 Å². The number of halogens is 1. The van der Waals surface area contributed by atoms with Gasteiger partial charge in [-0.2, -0.15) is 5.10 Å². The predicted octanol–water partition coefficient (Wildman–Crippen LogP) is 3.67. The Morgan fingerprint density at radius 2 is 2.10 bits per heavy atom. The Bertz CT molecular complexity index is 1300. The average molecular weight is 452 g/mol. The molecule has 2 N–H and O–H groups in total. The van der Waals surface area contributed by atoms with Gasteiger partial charge in [0.2, 0.25) is 0 Å². The molecule has 2 aromatic heterocycles. The molecular weight excluding hydrogens is 434 g/mol. The topological polar surface area (TPSA) is 86.3 Å². The molecule has 0 spiro atoms. The van der Waals surface area contributed by atoms with Gasteiger partial charge in [-0.05, 0) is 30.3 Å². The quantitative estimate of drug-likeness (QED) is 0.502. The van der Waals surface area contributed by atoms with E-state index in [0.717, 1.165) is 37.6 Å². The Hall–Kier alpha value is -3.13. The molecule has 1 unspecified atom stereocenters. The summed E-state index contributed by atoms with van der Waals surface area (Å²) in [5, 5.41) is 5.92. The van der Waals surface area contributed by atoms with E-state index in [1.165, 1.54) is 0 Å². The lowest BCUT2D eigenvalue weighted by atomic mass is 10.0. The number of likely N-dealkylation sites (N-methyl/N-ethyl adjacent to an activating group) is 1. The van der Waals surface area contributed by atoms with Crippen molar-refractivity contribution < 1.29 is 9.53 Å². The van der Waals surface area contributed by atoms with Crippen molar-refractivity contribution in [2.45, 2.75) is 6.04 Å². The third-order valence-electron chi connectivity index (χ3n) is 5.47. The number of aryl methyl sites for hydroxylation is 1. The second-order valence-corrected chi connectivity index (χ2v) is 8.10. The van der Waals surface area contributed by atoms with Crippen molar-refractivity contribution in [1.82, 2.24) is 19.7 Å². The predicted molar refractivity (Wildman–Crippen MR) is 115 cm³/mol. The number of pyridine rings is 1. The van der Waals surface area contributed by atoms with Crippen LogP contribution in [0.4, 0.5) is 5.82 Å². The molecular formula is C21H18BrN5O2. The second kappa shape index (κ2) is 6.45. The number of fused-ring (bicyclic) bond motifs is 4. The molecule has 29 heavy (non-hydrogen) atoms. The molecule has 0 aliphatic carbocycles. The van der Waals surface area contributed by atoms with Crippen molar-refractivity contribution in [3.05, 3.63) is 58.2 Å². The highest BCUT2D eigenvalue weighted by atomic mass is 79.9. The Kier molecular flexibility index (Phi) is 3.99. The Balaban J connectivity index is 1.56. The van der Waals surface area contributed by atoms with Crippen molar-refractivity contribution in [2.75, 3.05) is 19.4 Å². The molecule has 4 aromatic rings. The number of hydrogen-bond acceptors (Lipinski definition) is 5. The molecule has 2 aromatic carbocycles. The van der Waals surface area contributed by atoms with Gasteiger partial charge in [0.05, 0.1) is 28.7 Å². The lowest BCUT2D eigenvalue weighted by Crippen LogP contribution is -2.32. The molecule has 0 bridgehead atoms. The van der Waals surface area contributed by atoms with E-state index in [4.69, 9.17) is 10.5 Å². The van der Waals surface area contributed by atoms with Gasteiger partial charge in [-0.15, -0.1) is 0 Å². The first-order chi connectivity index (χ1) is 13.9. The molecule has 5 rings (SSSR count). The summed E-state index contributed by atoms with van der Waals surface area (Å²) in [7, 11) is 3.66. The van der Waals surface area contributed by atoms with Crippen LogP contribution in [0.2, 0.25) is 0 Å². The van der Waals surface area contributed by atoms with Crippen molar-refractivity contribution in [3.8, 4) is 5.75 Å². The fourth-order valence-corrected chi connectivity index (χ4v) is 4.26. The number of benzene rings is 2. The smallest absolute Gasteiger partial charge is 0.254 e. The first-order valence-electron chi connectivity index (χ1n) is 9.14. The van der Waals surface area contributed by atoms with E-state index in [0.29, 0.717) is 18.0 Å². The van der Waals surface area contributed by atoms with Gasteiger partial charge in [-0.25, -0.2) is 4.98 Å². The third kappa shape index (κ3) is 2.74. The van der Waals surface area contributed by atoms with Gasteiger partial charge in [0.15, 0.2) is 0 Å². The van der Waals surface area contributed by atoms with Gasteiger partial charge >= 0.3 is 0 Å². The Morgan fingerprint density at radius 3 is 2.93 bits per heavy atom. The zero-order valence-corrected chi connectivity index (χ0v) is 17.5. The normalized spacial score (nSPS) is 15.5. The van der Waals surface area contributed by atoms with Gasteiger partial charge in [0, 0.05) is 35.1 Å². The molecule has 0 saturated heterocycles. The van der Waals surface area contributed by atoms with Gasteiger partial charge in [0.1, 0.15) is 18.2 Å². The molecule has 146 valence electrons. The van der Waals surface area contributed by atoms with Gasteiger partial charge < -0.3 is 15.4 Å². The van der Waals surface area contributed by atoms with Crippen LogP contribution in [0.5, 0.6) is 5.75 Å². The van der Waals surface area contributed by atoms with E-state index in [-0.39, 0.29) is 11.9 Å². The largest absolute Gasteiger partial charge is 0.491 e. The van der Waals surface area contributed by atoms with E-state index in [9.17, 15) is 4.79 Å². The van der Waals surface area contributed by atoms with E-state index < -0.39 is 0 Å². The summed E-state index contributed by atoms with van der Waals surface area (Å²) >= 11 is 3.46. The summed E-state index contributed by atoms with van der Waals surface area (Å²) in [6.07, 6.45) is 1.70. The van der Waals surface area contributed by atoms with Crippen LogP contribution in [0.1, 0.15) is 22.0 Å². The van der Waals surface area contributed by atoms with Crippen molar-refractivity contribution >= 4 is 49.5 Å². The Labute approximate surface area is 175 Å². The number of rotatable bonds is 2. The highest BCUT2D eigenvalue weighted by molar-refractivity contribution is 9.10. The highest BCUT2D eigenvalue weighted by Gasteiger charge is 2.31. The minimum absolute atomic E-state index is 0.0802. The molecule has 1 aliphatic rings. The van der Waals surface area contributed by atoms with Crippen LogP contribution < -0.4 is 10.5 Å². The van der Waals surface area contributed by atoms with Crippen molar-refractivity contribution in [1.29, 1.82) is 0 Å². The summed E-state index contributed by atoms with van der Waals surface area (Å²) < 4.78 is 8.49. The molecule has 3 heterocycles. The van der Waals surface area contributed by atoms with Gasteiger partial charge in [0.25, 0.3) is 5.91 Å². The number of ether oxygens (including phenoxy) is 1. The van der Waals surface area contributed by atoms with Crippen LogP contribution in [-0.2, 0) is 7.05 Å². The van der Waals surface area contributed by atoms with Crippen LogP contribution in [-0.4, -0.2) is 39.2 Å². The minimum atomic E-state index is -0.137. The molecule has 7 nitrogen and oxygen atoms in total. The Morgan fingerprint density at radius 1 is 1.28 bits per heavy atom. The van der Waals surface area contributed by atoms with E-state index >= 15 is 0 Å². The van der Waals surface area contributed by atoms with Gasteiger partial charge in [-0.1, -0.05) is 22.0 Å². The molecule has 1 amide bonds. The number of carbonyl (C=O) groups is 1.